The highest BCUT2D eigenvalue weighted by molar-refractivity contribution is 5.92. The number of benzene rings is 2. The molecule has 0 radical (unpaired) electrons. The lowest BCUT2D eigenvalue weighted by Gasteiger charge is -2.40. The third kappa shape index (κ3) is 4.62. The molecule has 6 rings (SSSR count). The van der Waals surface area contributed by atoms with Gasteiger partial charge in [0, 0.05) is 49.1 Å². The van der Waals surface area contributed by atoms with Crippen LogP contribution in [-0.4, -0.2) is 61.2 Å². The Bertz CT molecular complexity index is 1420. The van der Waals surface area contributed by atoms with Crippen LogP contribution in [0.2, 0.25) is 0 Å². The summed E-state index contributed by atoms with van der Waals surface area (Å²) in [6, 6.07) is 11.7. The van der Waals surface area contributed by atoms with Crippen LogP contribution < -0.4 is 10.6 Å². The molecule has 1 saturated heterocycles. The van der Waals surface area contributed by atoms with E-state index in [2.05, 4.69) is 49.9 Å². The fraction of sp³-hybridized carbons (Fsp3) is 0.333. The van der Waals surface area contributed by atoms with Gasteiger partial charge in [-0.15, -0.1) is 0 Å². The summed E-state index contributed by atoms with van der Waals surface area (Å²) in [4.78, 5) is 37.4. The number of urea groups is 2. The third-order valence-electron chi connectivity index (χ3n) is 7.45. The molecule has 190 valence electrons. The number of para-hydroxylation sites is 1. The Balaban J connectivity index is 1.11. The number of H-pyrrole nitrogens is 2. The van der Waals surface area contributed by atoms with Gasteiger partial charge in [-0.3, -0.25) is 5.10 Å². The molecule has 0 bridgehead atoms. The monoisotopic (exact) mass is 498 g/mol. The normalized spacial score (nSPS) is 16.9. The number of anilines is 1. The number of carbonyl (C=O) groups excluding carboxylic acids is 2. The molecule has 10 nitrogen and oxygen atoms in total. The fourth-order valence-corrected chi connectivity index (χ4v) is 5.49. The first-order chi connectivity index (χ1) is 18.0. The summed E-state index contributed by atoms with van der Waals surface area (Å²) in [6.45, 7) is 3.83. The van der Waals surface area contributed by atoms with E-state index in [-0.39, 0.29) is 24.1 Å². The lowest BCUT2D eigenvalue weighted by Crippen LogP contribution is -2.53. The number of imidazole rings is 1. The highest BCUT2D eigenvalue weighted by Crippen LogP contribution is 2.28. The maximum absolute atomic E-state index is 13.3. The van der Waals surface area contributed by atoms with Crippen molar-refractivity contribution >= 4 is 28.7 Å². The fourth-order valence-electron chi connectivity index (χ4n) is 5.49. The van der Waals surface area contributed by atoms with Gasteiger partial charge in [0.05, 0.1) is 17.8 Å². The molecular weight excluding hydrogens is 468 g/mol. The Labute approximate surface area is 214 Å². The van der Waals surface area contributed by atoms with Crippen molar-refractivity contribution < 1.29 is 9.59 Å². The van der Waals surface area contributed by atoms with Crippen molar-refractivity contribution in [2.24, 2.45) is 0 Å². The first-order valence-electron chi connectivity index (χ1n) is 12.7. The van der Waals surface area contributed by atoms with E-state index in [1.165, 1.54) is 0 Å². The van der Waals surface area contributed by atoms with E-state index in [1.807, 2.05) is 40.3 Å². The predicted octanol–water partition coefficient (Wildman–Crippen LogP) is 4.10. The van der Waals surface area contributed by atoms with Gasteiger partial charge in [-0.25, -0.2) is 14.6 Å². The average molecular weight is 499 g/mol. The number of fused-ring (bicyclic) bond motifs is 2. The van der Waals surface area contributed by atoms with Crippen LogP contribution in [0.3, 0.4) is 0 Å². The Hall–Kier alpha value is -4.34. The Morgan fingerprint density at radius 1 is 1.22 bits per heavy atom. The van der Waals surface area contributed by atoms with Gasteiger partial charge in [0.25, 0.3) is 0 Å². The van der Waals surface area contributed by atoms with Crippen molar-refractivity contribution in [1.82, 2.24) is 35.3 Å². The second-order valence-corrected chi connectivity index (χ2v) is 9.86. The van der Waals surface area contributed by atoms with Crippen LogP contribution in [0.5, 0.6) is 0 Å². The maximum Gasteiger partial charge on any atom is 0.322 e. The Morgan fingerprint density at radius 3 is 2.86 bits per heavy atom. The lowest BCUT2D eigenvalue weighted by atomic mass is 10.0. The summed E-state index contributed by atoms with van der Waals surface area (Å²) in [7, 11) is 0. The molecule has 4 N–H and O–H groups in total. The van der Waals surface area contributed by atoms with Crippen LogP contribution in [-0.2, 0) is 13.0 Å². The number of aromatic amines is 2. The summed E-state index contributed by atoms with van der Waals surface area (Å²) in [5, 5.41) is 14.4. The quantitative estimate of drug-likeness (QED) is 0.331. The van der Waals surface area contributed by atoms with Gasteiger partial charge >= 0.3 is 12.1 Å². The lowest BCUT2D eigenvalue weighted by molar-refractivity contribution is 0.127. The van der Waals surface area contributed by atoms with Gasteiger partial charge in [-0.1, -0.05) is 24.3 Å². The summed E-state index contributed by atoms with van der Waals surface area (Å²) in [5.41, 5.74) is 5.24. The zero-order valence-corrected chi connectivity index (χ0v) is 20.7. The number of hydrogen-bond donors (Lipinski definition) is 4. The van der Waals surface area contributed by atoms with Gasteiger partial charge in [0.15, 0.2) is 0 Å². The smallest absolute Gasteiger partial charge is 0.322 e. The number of aryl methyl sites for hydroxylation is 1. The number of nitrogens with one attached hydrogen (secondary N) is 4. The molecule has 0 spiro atoms. The van der Waals surface area contributed by atoms with Crippen molar-refractivity contribution in [3.05, 3.63) is 77.5 Å². The van der Waals surface area contributed by atoms with E-state index in [1.54, 1.807) is 12.4 Å². The van der Waals surface area contributed by atoms with Crippen LogP contribution >= 0.6 is 0 Å². The Morgan fingerprint density at radius 2 is 2.05 bits per heavy atom. The van der Waals surface area contributed by atoms with Crippen molar-refractivity contribution in [3.63, 3.8) is 0 Å². The molecule has 1 unspecified atom stereocenters. The molecule has 4 amide bonds. The number of aromatic nitrogens is 4. The minimum absolute atomic E-state index is 0.0654. The van der Waals surface area contributed by atoms with E-state index in [0.29, 0.717) is 26.1 Å². The molecule has 10 heteroatoms. The van der Waals surface area contributed by atoms with Gasteiger partial charge in [-0.2, -0.15) is 5.10 Å². The maximum atomic E-state index is 13.3. The summed E-state index contributed by atoms with van der Waals surface area (Å²) in [6.07, 6.45) is 7.37. The van der Waals surface area contributed by atoms with Crippen LogP contribution in [0.15, 0.2) is 55.0 Å². The van der Waals surface area contributed by atoms with Crippen LogP contribution in [0.1, 0.15) is 41.4 Å². The second kappa shape index (κ2) is 9.61. The minimum atomic E-state index is -0.298. The number of piperidine rings is 1. The molecule has 0 saturated carbocycles. The molecule has 2 aliphatic rings. The number of rotatable bonds is 5. The predicted molar refractivity (Wildman–Crippen MR) is 140 cm³/mol. The van der Waals surface area contributed by atoms with Gasteiger partial charge in [0.2, 0.25) is 0 Å². The molecule has 37 heavy (non-hydrogen) atoms. The molecule has 4 heterocycles. The van der Waals surface area contributed by atoms with Crippen molar-refractivity contribution in [3.8, 4) is 0 Å². The summed E-state index contributed by atoms with van der Waals surface area (Å²) >= 11 is 0. The number of likely N-dealkylation sites (tertiary alicyclic amines) is 1. The van der Waals surface area contributed by atoms with E-state index < -0.39 is 0 Å². The number of hydrogen-bond acceptors (Lipinski definition) is 4. The van der Waals surface area contributed by atoms with E-state index in [0.717, 1.165) is 51.9 Å². The van der Waals surface area contributed by atoms with Crippen LogP contribution in [0.4, 0.5) is 15.3 Å². The highest BCUT2D eigenvalue weighted by atomic mass is 16.2. The third-order valence-corrected chi connectivity index (χ3v) is 7.45. The zero-order valence-electron chi connectivity index (χ0n) is 20.7. The number of nitrogens with zero attached hydrogens (tertiary/aromatic N) is 4. The van der Waals surface area contributed by atoms with Crippen LogP contribution in [0, 0.1) is 6.92 Å². The van der Waals surface area contributed by atoms with Gasteiger partial charge in [0.1, 0.15) is 5.82 Å². The van der Waals surface area contributed by atoms with Gasteiger partial charge in [-0.05, 0) is 55.0 Å². The molecule has 2 aromatic heterocycles. The standard InChI is InChI=1S/C27H30N8O2/c1-17-12-18(13-20-15-30-33-24(17)20)14-23(25-28-8-9-29-25)32-26(36)34-10-6-21(7-11-34)35-16-19-4-2-3-5-22(19)31-27(35)37/h2-5,8-9,12-13,15,21,23H,6-7,10-11,14,16H2,1H3,(H,28,29)(H,30,33)(H,31,37)(H,32,36). The van der Waals surface area contributed by atoms with E-state index in [4.69, 9.17) is 0 Å². The molecule has 2 aromatic carbocycles. The average Bonchev–Trinajstić information content (AvgIpc) is 3.61. The van der Waals surface area contributed by atoms with E-state index in [9.17, 15) is 9.59 Å². The first-order valence-corrected chi connectivity index (χ1v) is 12.7. The number of amides is 4. The molecule has 4 aromatic rings. The summed E-state index contributed by atoms with van der Waals surface area (Å²) < 4.78 is 0. The van der Waals surface area contributed by atoms with Crippen molar-refractivity contribution in [1.29, 1.82) is 0 Å². The SMILES string of the molecule is Cc1cc(CC(NC(=O)N2CCC(N3Cc4ccccc4NC3=O)CC2)c2ncc[nH]2)cc2cn[nH]c12. The molecule has 1 fully saturated rings. The van der Waals surface area contributed by atoms with Crippen molar-refractivity contribution in [2.45, 2.75) is 44.8 Å². The van der Waals surface area contributed by atoms with E-state index >= 15 is 0 Å². The largest absolute Gasteiger partial charge is 0.347 e. The molecule has 1 atom stereocenters. The first kappa shape index (κ1) is 23.1. The highest BCUT2D eigenvalue weighted by Gasteiger charge is 2.33. The molecular formula is C27H30N8O2. The topological polar surface area (TPSA) is 122 Å². The Kier molecular flexibility index (Phi) is 5.99. The zero-order chi connectivity index (χ0) is 25.4. The molecule has 0 aliphatic carbocycles. The summed E-state index contributed by atoms with van der Waals surface area (Å²) in [5.74, 6) is 0.719. The van der Waals surface area contributed by atoms with Crippen molar-refractivity contribution in [2.75, 3.05) is 18.4 Å². The van der Waals surface area contributed by atoms with Gasteiger partial charge < -0.3 is 25.4 Å². The number of carbonyl (C=O) groups is 2. The molecule has 2 aliphatic heterocycles. The van der Waals surface area contributed by atoms with Crippen LogP contribution in [0.25, 0.3) is 10.9 Å². The second-order valence-electron chi connectivity index (χ2n) is 9.86. The minimum Gasteiger partial charge on any atom is -0.347 e.